The Kier molecular flexibility index (Phi) is 1.95. The van der Waals surface area contributed by atoms with Gasteiger partial charge >= 0.3 is 0 Å². The Morgan fingerprint density at radius 2 is 2.13 bits per heavy atom. The molecule has 15 heavy (non-hydrogen) atoms. The van der Waals surface area contributed by atoms with Crippen molar-refractivity contribution in [2.45, 2.75) is 18.4 Å². The van der Waals surface area contributed by atoms with Crippen LogP contribution in [0.4, 0.5) is 0 Å². The molecule has 3 atom stereocenters. The molecular formula is C11H13O3P. The minimum absolute atomic E-state index is 0.0193. The van der Waals surface area contributed by atoms with Crippen molar-refractivity contribution in [3.8, 4) is 5.75 Å². The van der Waals surface area contributed by atoms with Crippen LogP contribution in [0.1, 0.15) is 6.42 Å². The number of hydrogen-bond donors (Lipinski definition) is 0. The van der Waals surface area contributed by atoms with E-state index in [1.807, 2.05) is 24.3 Å². The number of benzene rings is 1. The van der Waals surface area contributed by atoms with Crippen molar-refractivity contribution < 1.29 is 14.0 Å². The summed E-state index contributed by atoms with van der Waals surface area (Å²) in [4.78, 5) is 0. The molecule has 0 aromatic heterocycles. The van der Waals surface area contributed by atoms with Gasteiger partial charge in [-0.25, -0.2) is 0 Å². The van der Waals surface area contributed by atoms with Gasteiger partial charge in [0.05, 0.1) is 13.2 Å². The summed E-state index contributed by atoms with van der Waals surface area (Å²) in [7, 11) is -0.616. The summed E-state index contributed by atoms with van der Waals surface area (Å²) in [6, 6.07) is 7.54. The van der Waals surface area contributed by atoms with Gasteiger partial charge in [0, 0.05) is 11.5 Å². The quantitative estimate of drug-likeness (QED) is 0.568. The van der Waals surface area contributed by atoms with Crippen LogP contribution in [0.3, 0.4) is 0 Å². The monoisotopic (exact) mass is 224 g/mol. The smallest absolute Gasteiger partial charge is 0.145 e. The normalized spacial score (nSPS) is 37.4. The van der Waals surface area contributed by atoms with Gasteiger partial charge in [-0.1, -0.05) is 0 Å². The molecule has 0 aliphatic carbocycles. The van der Waals surface area contributed by atoms with Gasteiger partial charge in [0.1, 0.15) is 18.7 Å². The maximum absolute atomic E-state index is 12.6. The van der Waals surface area contributed by atoms with Crippen LogP contribution < -0.4 is 10.0 Å². The van der Waals surface area contributed by atoms with E-state index in [-0.39, 0.29) is 11.9 Å². The van der Waals surface area contributed by atoms with Crippen LogP contribution in [0.2, 0.25) is 0 Å². The topological polar surface area (TPSA) is 38.8 Å². The molecule has 2 heterocycles. The summed E-state index contributed by atoms with van der Waals surface area (Å²) in [5.41, 5.74) is 0. The van der Waals surface area contributed by atoms with Gasteiger partial charge in [-0.2, -0.15) is 0 Å². The highest BCUT2D eigenvalue weighted by molar-refractivity contribution is 7.72. The van der Waals surface area contributed by atoms with Crippen molar-refractivity contribution in [2.24, 2.45) is 0 Å². The van der Waals surface area contributed by atoms with Crippen LogP contribution in [0, 0.1) is 0 Å². The maximum Gasteiger partial charge on any atom is 0.145 e. The van der Waals surface area contributed by atoms with Crippen LogP contribution >= 0.6 is 7.14 Å². The Bertz CT molecular complexity index is 426. The van der Waals surface area contributed by atoms with Crippen LogP contribution in [-0.4, -0.2) is 25.2 Å². The van der Waals surface area contributed by atoms with Gasteiger partial charge < -0.3 is 14.0 Å². The Balaban J connectivity index is 1.95. The summed E-state index contributed by atoms with van der Waals surface area (Å²) in [5.74, 6) is 0.823. The van der Waals surface area contributed by atoms with Crippen molar-refractivity contribution in [3.63, 3.8) is 0 Å². The van der Waals surface area contributed by atoms with E-state index in [1.165, 1.54) is 0 Å². The molecular weight excluding hydrogens is 211 g/mol. The first kappa shape index (κ1) is 9.44. The first-order valence-corrected chi connectivity index (χ1v) is 7.09. The minimum atomic E-state index is -2.25. The highest BCUT2D eigenvalue weighted by Crippen LogP contribution is 2.65. The van der Waals surface area contributed by atoms with Gasteiger partial charge in [-0.15, -0.1) is 0 Å². The Morgan fingerprint density at radius 3 is 2.60 bits per heavy atom. The second-order valence-corrected chi connectivity index (χ2v) is 7.13. The van der Waals surface area contributed by atoms with Crippen LogP contribution in [0.25, 0.3) is 0 Å². The molecule has 2 aliphatic rings. The van der Waals surface area contributed by atoms with E-state index < -0.39 is 7.14 Å². The lowest BCUT2D eigenvalue weighted by Crippen LogP contribution is -2.08. The molecule has 1 aromatic rings. The standard InChI is InChI=1S/C11H13O3P/c1-13-8-2-4-9(5-3-8)15(12)7-6-10-11(15)14-10/h2-5,10-11H,6-7H2,1H3/t10-,11+,15?/m1/s1. The zero-order chi connectivity index (χ0) is 10.5. The SMILES string of the molecule is COc1ccc(P2(=O)CC[C@H]3O[C@H]32)cc1. The fourth-order valence-electron chi connectivity index (χ4n) is 2.27. The molecule has 0 N–H and O–H groups in total. The second-order valence-electron chi connectivity index (χ2n) is 4.07. The summed E-state index contributed by atoms with van der Waals surface area (Å²) < 4.78 is 23.1. The molecule has 3 rings (SSSR count). The fourth-order valence-corrected chi connectivity index (χ4v) is 5.41. The molecule has 0 saturated carbocycles. The molecule has 4 heteroatoms. The van der Waals surface area contributed by atoms with Gasteiger partial charge in [-0.05, 0) is 30.7 Å². The first-order chi connectivity index (χ1) is 7.24. The number of fused-ring (bicyclic) bond motifs is 1. The largest absolute Gasteiger partial charge is 0.497 e. The van der Waals surface area contributed by atoms with E-state index in [2.05, 4.69) is 0 Å². The molecule has 1 aromatic carbocycles. The third-order valence-electron chi connectivity index (χ3n) is 3.22. The zero-order valence-corrected chi connectivity index (χ0v) is 9.44. The Morgan fingerprint density at radius 1 is 1.40 bits per heavy atom. The number of epoxide rings is 1. The van der Waals surface area contributed by atoms with E-state index in [1.54, 1.807) is 7.11 Å². The highest BCUT2D eigenvalue weighted by Gasteiger charge is 2.58. The molecule has 2 aliphatic heterocycles. The number of methoxy groups -OCH3 is 1. The Labute approximate surface area is 88.8 Å². The molecule has 3 nitrogen and oxygen atoms in total. The van der Waals surface area contributed by atoms with E-state index >= 15 is 0 Å². The van der Waals surface area contributed by atoms with Gasteiger partial charge in [0.25, 0.3) is 0 Å². The second kappa shape index (κ2) is 3.10. The number of hydrogen-bond acceptors (Lipinski definition) is 3. The van der Waals surface area contributed by atoms with Crippen LogP contribution in [0.5, 0.6) is 5.75 Å². The predicted molar refractivity (Wildman–Crippen MR) is 58.4 cm³/mol. The third kappa shape index (κ3) is 1.34. The first-order valence-electron chi connectivity index (χ1n) is 5.13. The van der Waals surface area contributed by atoms with Crippen molar-refractivity contribution in [1.82, 2.24) is 0 Å². The van der Waals surface area contributed by atoms with Gasteiger partial charge in [0.15, 0.2) is 0 Å². The van der Waals surface area contributed by atoms with Crippen molar-refractivity contribution >= 4 is 12.4 Å². The minimum Gasteiger partial charge on any atom is -0.497 e. The van der Waals surface area contributed by atoms with Gasteiger partial charge in [-0.3, -0.25) is 0 Å². The molecule has 2 fully saturated rings. The van der Waals surface area contributed by atoms with Crippen LogP contribution in [0.15, 0.2) is 24.3 Å². The zero-order valence-electron chi connectivity index (χ0n) is 8.55. The predicted octanol–water partition coefficient (Wildman–Crippen LogP) is 1.81. The lowest BCUT2D eigenvalue weighted by molar-refractivity contribution is 0.380. The summed E-state index contributed by atoms with van der Waals surface area (Å²) in [6.07, 6.45) is 2.03. The molecule has 0 bridgehead atoms. The summed E-state index contributed by atoms with van der Waals surface area (Å²) >= 11 is 0. The number of ether oxygens (including phenoxy) is 2. The van der Waals surface area contributed by atoms with E-state index in [0.717, 1.165) is 23.6 Å². The Hall–Kier alpha value is -0.790. The average Bonchev–Trinajstić information content (AvgIpc) is 3.00. The number of rotatable bonds is 2. The van der Waals surface area contributed by atoms with Gasteiger partial charge in [0.2, 0.25) is 0 Å². The van der Waals surface area contributed by atoms with Crippen molar-refractivity contribution in [3.05, 3.63) is 24.3 Å². The van der Waals surface area contributed by atoms with E-state index in [9.17, 15) is 4.57 Å². The summed E-state index contributed by atoms with van der Waals surface area (Å²) in [6.45, 7) is 0. The van der Waals surface area contributed by atoms with E-state index in [4.69, 9.17) is 9.47 Å². The van der Waals surface area contributed by atoms with Crippen molar-refractivity contribution in [2.75, 3.05) is 13.3 Å². The molecule has 0 amide bonds. The molecule has 80 valence electrons. The maximum atomic E-state index is 12.6. The molecule has 2 saturated heterocycles. The molecule has 1 unspecified atom stereocenters. The van der Waals surface area contributed by atoms with Crippen LogP contribution in [-0.2, 0) is 9.30 Å². The third-order valence-corrected chi connectivity index (χ3v) is 6.59. The summed E-state index contributed by atoms with van der Waals surface area (Å²) in [5, 5.41) is 0.938. The molecule has 0 spiro atoms. The fraction of sp³-hybridized carbons (Fsp3) is 0.455. The molecule has 0 radical (unpaired) electrons. The lowest BCUT2D eigenvalue weighted by Gasteiger charge is -2.12. The lowest BCUT2D eigenvalue weighted by atomic mass is 10.3. The van der Waals surface area contributed by atoms with Crippen molar-refractivity contribution in [1.29, 1.82) is 0 Å². The average molecular weight is 224 g/mol. The highest BCUT2D eigenvalue weighted by atomic mass is 31.2. The van der Waals surface area contributed by atoms with E-state index in [0.29, 0.717) is 0 Å².